The van der Waals surface area contributed by atoms with Gasteiger partial charge in [0.2, 0.25) is 0 Å². The SMILES string of the molecule is O=C(OCc1cccc2ccccc12)c1cn(-c2ccccc2)nc1-c1ccccc1. The summed E-state index contributed by atoms with van der Waals surface area (Å²) in [6.07, 6.45) is 1.74. The van der Waals surface area contributed by atoms with Crippen molar-refractivity contribution in [1.82, 2.24) is 9.78 Å². The Balaban J connectivity index is 1.48. The molecule has 0 aliphatic carbocycles. The van der Waals surface area contributed by atoms with E-state index < -0.39 is 5.97 Å². The van der Waals surface area contributed by atoms with Gasteiger partial charge < -0.3 is 4.74 Å². The Bertz CT molecular complexity index is 1340. The second-order valence-electron chi connectivity index (χ2n) is 7.25. The first-order valence-corrected chi connectivity index (χ1v) is 10.1. The van der Waals surface area contributed by atoms with Crippen LogP contribution in [0.25, 0.3) is 27.7 Å². The molecule has 1 heterocycles. The van der Waals surface area contributed by atoms with Crippen molar-refractivity contribution in [3.63, 3.8) is 0 Å². The van der Waals surface area contributed by atoms with Crippen molar-refractivity contribution in [3.05, 3.63) is 120 Å². The van der Waals surface area contributed by atoms with Crippen LogP contribution in [0.1, 0.15) is 15.9 Å². The van der Waals surface area contributed by atoms with Gasteiger partial charge in [0.05, 0.1) is 5.69 Å². The molecule has 0 bridgehead atoms. The molecular formula is C27H20N2O2. The molecule has 0 aliphatic rings. The van der Waals surface area contributed by atoms with Gasteiger partial charge in [0.1, 0.15) is 17.9 Å². The molecule has 0 fully saturated rings. The van der Waals surface area contributed by atoms with E-state index in [1.54, 1.807) is 10.9 Å². The molecule has 31 heavy (non-hydrogen) atoms. The number of para-hydroxylation sites is 1. The van der Waals surface area contributed by atoms with Gasteiger partial charge in [-0.3, -0.25) is 0 Å². The van der Waals surface area contributed by atoms with Crippen molar-refractivity contribution in [2.45, 2.75) is 6.61 Å². The van der Waals surface area contributed by atoms with E-state index in [0.717, 1.165) is 27.6 Å². The molecule has 0 saturated carbocycles. The number of fused-ring (bicyclic) bond motifs is 1. The Labute approximate surface area is 180 Å². The van der Waals surface area contributed by atoms with Crippen molar-refractivity contribution >= 4 is 16.7 Å². The minimum Gasteiger partial charge on any atom is -0.457 e. The molecule has 0 atom stereocenters. The number of ether oxygens (including phenoxy) is 1. The average Bonchev–Trinajstić information content (AvgIpc) is 3.29. The lowest BCUT2D eigenvalue weighted by atomic mass is 10.1. The normalized spacial score (nSPS) is 10.8. The molecule has 4 nitrogen and oxygen atoms in total. The molecule has 0 N–H and O–H groups in total. The highest BCUT2D eigenvalue weighted by atomic mass is 16.5. The smallest absolute Gasteiger partial charge is 0.342 e. The van der Waals surface area contributed by atoms with Gasteiger partial charge in [-0.05, 0) is 28.5 Å². The maximum absolute atomic E-state index is 13.1. The van der Waals surface area contributed by atoms with E-state index in [-0.39, 0.29) is 6.61 Å². The predicted molar refractivity (Wildman–Crippen MR) is 122 cm³/mol. The largest absolute Gasteiger partial charge is 0.457 e. The van der Waals surface area contributed by atoms with Crippen LogP contribution in [-0.2, 0) is 11.3 Å². The standard InChI is InChI=1S/C27H20N2O2/c30-27(31-19-22-14-9-13-20-10-7-8-17-24(20)22)25-18-29(23-15-5-2-6-16-23)28-26(25)21-11-3-1-4-12-21/h1-18H,19H2. The van der Waals surface area contributed by atoms with E-state index >= 15 is 0 Å². The molecular weight excluding hydrogens is 384 g/mol. The highest BCUT2D eigenvalue weighted by Gasteiger charge is 2.20. The Morgan fingerprint density at radius 3 is 2.26 bits per heavy atom. The van der Waals surface area contributed by atoms with Gasteiger partial charge in [-0.25, -0.2) is 9.48 Å². The fraction of sp³-hybridized carbons (Fsp3) is 0.0370. The number of hydrogen-bond acceptors (Lipinski definition) is 3. The lowest BCUT2D eigenvalue weighted by molar-refractivity contribution is 0.0475. The zero-order valence-corrected chi connectivity index (χ0v) is 16.8. The second kappa shape index (κ2) is 8.28. The van der Waals surface area contributed by atoms with Crippen LogP contribution in [0, 0.1) is 0 Å². The molecule has 0 saturated heterocycles. The molecule has 0 amide bonds. The van der Waals surface area contributed by atoms with Crippen LogP contribution in [0.4, 0.5) is 0 Å². The van der Waals surface area contributed by atoms with E-state index in [4.69, 9.17) is 9.84 Å². The number of carbonyl (C=O) groups is 1. The molecule has 0 unspecified atom stereocenters. The first-order chi connectivity index (χ1) is 15.3. The van der Waals surface area contributed by atoms with E-state index in [1.165, 1.54) is 0 Å². The van der Waals surface area contributed by atoms with Crippen molar-refractivity contribution < 1.29 is 9.53 Å². The van der Waals surface area contributed by atoms with Gasteiger partial charge >= 0.3 is 5.97 Å². The third-order valence-corrected chi connectivity index (χ3v) is 5.24. The minimum atomic E-state index is -0.394. The number of hydrogen-bond donors (Lipinski definition) is 0. The topological polar surface area (TPSA) is 44.1 Å². The van der Waals surface area contributed by atoms with Gasteiger partial charge in [-0.15, -0.1) is 0 Å². The lowest BCUT2D eigenvalue weighted by Gasteiger charge is -2.08. The number of carbonyl (C=O) groups excluding carboxylic acids is 1. The summed E-state index contributed by atoms with van der Waals surface area (Å²) in [5, 5.41) is 6.90. The van der Waals surface area contributed by atoms with Crippen molar-refractivity contribution in [2.75, 3.05) is 0 Å². The van der Waals surface area contributed by atoms with Crippen LogP contribution in [0.3, 0.4) is 0 Å². The Kier molecular flexibility index (Phi) is 5.03. The van der Waals surface area contributed by atoms with Crippen LogP contribution >= 0.6 is 0 Å². The van der Waals surface area contributed by atoms with Crippen molar-refractivity contribution in [2.24, 2.45) is 0 Å². The number of benzene rings is 4. The number of aromatic nitrogens is 2. The second-order valence-corrected chi connectivity index (χ2v) is 7.25. The third kappa shape index (κ3) is 3.83. The van der Waals surface area contributed by atoms with Gasteiger partial charge in [0, 0.05) is 11.8 Å². The van der Waals surface area contributed by atoms with Crippen LogP contribution < -0.4 is 0 Å². The summed E-state index contributed by atoms with van der Waals surface area (Å²) in [6.45, 7) is 0.199. The van der Waals surface area contributed by atoms with E-state index in [0.29, 0.717) is 11.3 Å². The van der Waals surface area contributed by atoms with Crippen molar-refractivity contribution in [1.29, 1.82) is 0 Å². The summed E-state index contributed by atoms with van der Waals surface area (Å²) < 4.78 is 7.46. The van der Waals surface area contributed by atoms with Crippen LogP contribution in [-0.4, -0.2) is 15.7 Å². The fourth-order valence-electron chi connectivity index (χ4n) is 3.68. The summed E-state index contributed by atoms with van der Waals surface area (Å²) in [7, 11) is 0. The maximum Gasteiger partial charge on any atom is 0.342 e. The molecule has 0 spiro atoms. The molecule has 0 aliphatic heterocycles. The Hall–Kier alpha value is -4.18. The van der Waals surface area contributed by atoms with Gasteiger partial charge in [-0.1, -0.05) is 91.0 Å². The van der Waals surface area contributed by atoms with Crippen molar-refractivity contribution in [3.8, 4) is 16.9 Å². The monoisotopic (exact) mass is 404 g/mol. The lowest BCUT2D eigenvalue weighted by Crippen LogP contribution is -2.06. The fourth-order valence-corrected chi connectivity index (χ4v) is 3.68. The van der Waals surface area contributed by atoms with Crippen LogP contribution in [0.15, 0.2) is 109 Å². The van der Waals surface area contributed by atoms with E-state index in [9.17, 15) is 4.79 Å². The van der Waals surface area contributed by atoms with E-state index in [2.05, 4.69) is 12.1 Å². The summed E-state index contributed by atoms with van der Waals surface area (Å²) in [6, 6.07) is 33.5. The maximum atomic E-state index is 13.1. The van der Waals surface area contributed by atoms with Crippen LogP contribution in [0.5, 0.6) is 0 Å². The third-order valence-electron chi connectivity index (χ3n) is 5.24. The zero-order chi connectivity index (χ0) is 21.0. The summed E-state index contributed by atoms with van der Waals surface area (Å²) in [5.74, 6) is -0.394. The summed E-state index contributed by atoms with van der Waals surface area (Å²) >= 11 is 0. The molecule has 150 valence electrons. The number of rotatable bonds is 5. The summed E-state index contributed by atoms with van der Waals surface area (Å²) in [5.41, 5.74) is 3.77. The quantitative estimate of drug-likeness (QED) is 0.335. The number of esters is 1. The number of nitrogens with zero attached hydrogens (tertiary/aromatic N) is 2. The highest BCUT2D eigenvalue weighted by Crippen LogP contribution is 2.25. The first-order valence-electron chi connectivity index (χ1n) is 10.1. The molecule has 1 aromatic heterocycles. The molecule has 5 aromatic rings. The molecule has 4 aromatic carbocycles. The molecule has 0 radical (unpaired) electrons. The van der Waals surface area contributed by atoms with E-state index in [1.807, 2.05) is 91.0 Å². The van der Waals surface area contributed by atoms with Gasteiger partial charge in [0.25, 0.3) is 0 Å². The van der Waals surface area contributed by atoms with Gasteiger partial charge in [0.15, 0.2) is 0 Å². The first kappa shape index (κ1) is 18.8. The molecule has 4 heteroatoms. The Morgan fingerprint density at radius 1 is 0.774 bits per heavy atom. The zero-order valence-electron chi connectivity index (χ0n) is 16.8. The average molecular weight is 404 g/mol. The Morgan fingerprint density at radius 2 is 1.45 bits per heavy atom. The minimum absolute atomic E-state index is 0.199. The van der Waals surface area contributed by atoms with Crippen LogP contribution in [0.2, 0.25) is 0 Å². The summed E-state index contributed by atoms with van der Waals surface area (Å²) in [4.78, 5) is 13.1. The van der Waals surface area contributed by atoms with Gasteiger partial charge in [-0.2, -0.15) is 5.10 Å². The predicted octanol–water partition coefficient (Wildman–Crippen LogP) is 6.05. The highest BCUT2D eigenvalue weighted by molar-refractivity contribution is 5.96. The molecule has 5 rings (SSSR count).